The number of Topliss-reactive ketones (excluding diaryl/α,β-unsaturated/α-hetero) is 1. The topological polar surface area (TPSA) is 30.2 Å². The zero-order valence-electron chi connectivity index (χ0n) is 9.77. The number of ketones is 1. The third-order valence-electron chi connectivity index (χ3n) is 3.44. The summed E-state index contributed by atoms with van der Waals surface area (Å²) in [5.74, 6) is 1.09. The zero-order valence-corrected chi connectivity index (χ0v) is 9.77. The molecule has 1 aromatic carbocycles. The predicted molar refractivity (Wildman–Crippen MR) is 65.1 cm³/mol. The monoisotopic (exact) mass is 226 g/mol. The average Bonchev–Trinajstić information content (AvgIpc) is 2.93. The molecule has 0 spiro atoms. The molecule has 0 saturated carbocycles. The van der Waals surface area contributed by atoms with Crippen LogP contribution in [0.1, 0.15) is 27.2 Å². The van der Waals surface area contributed by atoms with E-state index in [1.807, 2.05) is 25.1 Å². The zero-order chi connectivity index (χ0) is 11.8. The first-order valence-corrected chi connectivity index (χ1v) is 5.90. The second-order valence-electron chi connectivity index (χ2n) is 4.68. The first kappa shape index (κ1) is 10.3. The summed E-state index contributed by atoms with van der Waals surface area (Å²) in [6, 6.07) is 10.1. The van der Waals surface area contributed by atoms with Gasteiger partial charge in [0, 0.05) is 5.92 Å². The third-order valence-corrected chi connectivity index (χ3v) is 3.44. The van der Waals surface area contributed by atoms with E-state index in [2.05, 4.69) is 12.1 Å². The van der Waals surface area contributed by atoms with E-state index in [1.165, 1.54) is 11.1 Å². The van der Waals surface area contributed by atoms with Crippen LogP contribution in [0.25, 0.3) is 0 Å². The fraction of sp³-hybridized carbons (Fsp3) is 0.267. The van der Waals surface area contributed by atoms with Crippen molar-refractivity contribution in [2.75, 3.05) is 0 Å². The minimum absolute atomic E-state index is 0.0874. The molecular formula is C15H14O2. The number of rotatable bonds is 2. The van der Waals surface area contributed by atoms with Crippen molar-refractivity contribution < 1.29 is 9.21 Å². The molecular weight excluding hydrogens is 212 g/mol. The number of fused-ring (bicyclic) bond motifs is 1. The number of hydrogen-bond donors (Lipinski definition) is 0. The molecule has 0 fully saturated rings. The maximum atomic E-state index is 12.3. The Kier molecular flexibility index (Phi) is 2.36. The fourth-order valence-electron chi connectivity index (χ4n) is 2.55. The van der Waals surface area contributed by atoms with Gasteiger partial charge in [-0.3, -0.25) is 4.79 Å². The van der Waals surface area contributed by atoms with Crippen LogP contribution in [0.5, 0.6) is 0 Å². The molecule has 3 rings (SSSR count). The fourth-order valence-corrected chi connectivity index (χ4v) is 2.55. The van der Waals surface area contributed by atoms with Crippen molar-refractivity contribution in [3.63, 3.8) is 0 Å². The van der Waals surface area contributed by atoms with Gasteiger partial charge < -0.3 is 4.42 Å². The van der Waals surface area contributed by atoms with Gasteiger partial charge in [0.1, 0.15) is 12.0 Å². The minimum atomic E-state index is 0.0874. The maximum Gasteiger partial charge on any atom is 0.169 e. The van der Waals surface area contributed by atoms with Gasteiger partial charge in [0.15, 0.2) is 5.78 Å². The highest BCUT2D eigenvalue weighted by molar-refractivity contribution is 5.98. The van der Waals surface area contributed by atoms with E-state index >= 15 is 0 Å². The van der Waals surface area contributed by atoms with Crippen molar-refractivity contribution >= 4 is 5.78 Å². The summed E-state index contributed by atoms with van der Waals surface area (Å²) in [7, 11) is 0. The summed E-state index contributed by atoms with van der Waals surface area (Å²) in [5.41, 5.74) is 3.33. The summed E-state index contributed by atoms with van der Waals surface area (Å²) in [6.45, 7) is 1.86. The highest BCUT2D eigenvalue weighted by Crippen LogP contribution is 2.29. The van der Waals surface area contributed by atoms with Gasteiger partial charge in [-0.25, -0.2) is 0 Å². The van der Waals surface area contributed by atoms with Crippen LogP contribution in [0, 0.1) is 12.8 Å². The smallest absolute Gasteiger partial charge is 0.169 e. The number of hydrogen-bond acceptors (Lipinski definition) is 2. The number of carbonyl (C=O) groups excluding carboxylic acids is 1. The van der Waals surface area contributed by atoms with Crippen molar-refractivity contribution in [2.45, 2.75) is 19.8 Å². The van der Waals surface area contributed by atoms with E-state index in [0.717, 1.165) is 18.6 Å². The van der Waals surface area contributed by atoms with E-state index in [9.17, 15) is 4.79 Å². The molecule has 1 aliphatic carbocycles. The van der Waals surface area contributed by atoms with Crippen molar-refractivity contribution in [2.24, 2.45) is 5.92 Å². The van der Waals surface area contributed by atoms with E-state index in [4.69, 9.17) is 4.42 Å². The molecule has 1 aromatic heterocycles. The predicted octanol–water partition coefficient (Wildman–Crippen LogP) is 3.19. The molecule has 2 nitrogen and oxygen atoms in total. The lowest BCUT2D eigenvalue weighted by atomic mass is 9.96. The van der Waals surface area contributed by atoms with Crippen LogP contribution >= 0.6 is 0 Å². The van der Waals surface area contributed by atoms with Crippen LogP contribution < -0.4 is 0 Å². The van der Waals surface area contributed by atoms with Gasteiger partial charge in [-0.15, -0.1) is 0 Å². The second-order valence-corrected chi connectivity index (χ2v) is 4.68. The molecule has 1 heterocycles. The third kappa shape index (κ3) is 1.80. The molecule has 1 aliphatic rings. The van der Waals surface area contributed by atoms with Gasteiger partial charge in [-0.05, 0) is 37.0 Å². The van der Waals surface area contributed by atoms with Crippen molar-refractivity contribution in [1.29, 1.82) is 0 Å². The highest BCUT2D eigenvalue weighted by atomic mass is 16.3. The summed E-state index contributed by atoms with van der Waals surface area (Å²) in [6.07, 6.45) is 3.29. The molecule has 0 unspecified atom stereocenters. The van der Waals surface area contributed by atoms with E-state index in [0.29, 0.717) is 5.56 Å². The molecule has 0 aliphatic heterocycles. The van der Waals surface area contributed by atoms with E-state index < -0.39 is 0 Å². The average molecular weight is 226 g/mol. The molecule has 0 atom stereocenters. The normalized spacial score (nSPS) is 14.9. The van der Waals surface area contributed by atoms with Gasteiger partial charge in [0.25, 0.3) is 0 Å². The van der Waals surface area contributed by atoms with E-state index in [1.54, 1.807) is 6.26 Å². The Balaban J connectivity index is 1.83. The molecule has 0 bridgehead atoms. The van der Waals surface area contributed by atoms with Crippen LogP contribution in [-0.4, -0.2) is 5.78 Å². The number of furan rings is 1. The molecule has 0 saturated heterocycles. The van der Waals surface area contributed by atoms with Crippen LogP contribution in [0.3, 0.4) is 0 Å². The Morgan fingerprint density at radius 2 is 1.88 bits per heavy atom. The molecule has 0 radical (unpaired) electrons. The van der Waals surface area contributed by atoms with Crippen molar-refractivity contribution in [1.82, 2.24) is 0 Å². The quantitative estimate of drug-likeness (QED) is 0.736. The van der Waals surface area contributed by atoms with E-state index in [-0.39, 0.29) is 11.7 Å². The number of carbonyl (C=O) groups is 1. The lowest BCUT2D eigenvalue weighted by Crippen LogP contribution is -2.14. The summed E-state index contributed by atoms with van der Waals surface area (Å²) in [4.78, 5) is 12.3. The van der Waals surface area contributed by atoms with Crippen LogP contribution in [0.4, 0.5) is 0 Å². The Bertz CT molecular complexity index is 541. The molecule has 0 amide bonds. The number of benzene rings is 1. The van der Waals surface area contributed by atoms with Gasteiger partial charge in [-0.2, -0.15) is 0 Å². The Hall–Kier alpha value is -1.83. The molecule has 2 aromatic rings. The van der Waals surface area contributed by atoms with Crippen LogP contribution in [0.2, 0.25) is 0 Å². The van der Waals surface area contributed by atoms with Crippen molar-refractivity contribution in [3.8, 4) is 0 Å². The van der Waals surface area contributed by atoms with Gasteiger partial charge in [0.2, 0.25) is 0 Å². The lowest BCUT2D eigenvalue weighted by molar-refractivity contribution is 0.0924. The first-order chi connectivity index (χ1) is 8.24. The molecule has 86 valence electrons. The standard InChI is InChI=1S/C15H14O2/c1-10-6-14(9-17-10)15(16)13-7-11-4-2-3-5-12(11)8-13/h2-6,9,13H,7-8H2,1H3. The first-order valence-electron chi connectivity index (χ1n) is 5.90. The maximum absolute atomic E-state index is 12.3. The highest BCUT2D eigenvalue weighted by Gasteiger charge is 2.28. The summed E-state index contributed by atoms with van der Waals surface area (Å²) < 4.78 is 5.20. The summed E-state index contributed by atoms with van der Waals surface area (Å²) in [5, 5.41) is 0. The Morgan fingerprint density at radius 1 is 1.24 bits per heavy atom. The molecule has 2 heteroatoms. The molecule has 0 N–H and O–H groups in total. The van der Waals surface area contributed by atoms with Crippen LogP contribution in [0.15, 0.2) is 41.0 Å². The van der Waals surface area contributed by atoms with Crippen LogP contribution in [-0.2, 0) is 12.8 Å². The minimum Gasteiger partial charge on any atom is -0.469 e. The van der Waals surface area contributed by atoms with Gasteiger partial charge in [-0.1, -0.05) is 24.3 Å². The SMILES string of the molecule is Cc1cc(C(=O)C2Cc3ccccc3C2)co1. The number of aryl methyl sites for hydroxylation is 1. The van der Waals surface area contributed by atoms with Crippen molar-refractivity contribution in [3.05, 3.63) is 59.0 Å². The van der Waals surface area contributed by atoms with Gasteiger partial charge in [0.05, 0.1) is 5.56 Å². The van der Waals surface area contributed by atoms with Gasteiger partial charge >= 0.3 is 0 Å². The second kappa shape index (κ2) is 3.88. The Labute approximate surface area is 100 Å². The Morgan fingerprint density at radius 3 is 2.41 bits per heavy atom. The summed E-state index contributed by atoms with van der Waals surface area (Å²) >= 11 is 0. The molecule has 17 heavy (non-hydrogen) atoms. The lowest BCUT2D eigenvalue weighted by Gasteiger charge is -2.04. The largest absolute Gasteiger partial charge is 0.469 e.